The number of aliphatic hydroxyl groups excluding tert-OH is 1. The molecule has 3 aromatic rings. The number of ether oxygens (including phenoxy) is 1. The lowest BCUT2D eigenvalue weighted by Crippen LogP contribution is -2.36. The van der Waals surface area contributed by atoms with Crippen LogP contribution in [-0.2, 0) is 12.5 Å². The standard InChI is InChI=1S/C17H14F5N5O2/c18-16(19,20)9-29-13-4-1-11(2-5-13)12-3-6-14(23-7-12)17(21,22)15(28)8-27-25-10-24-26-27/h1-7,10,15,28H,8-9H2. The quantitative estimate of drug-likeness (QED) is 0.598. The molecule has 0 spiro atoms. The molecule has 3 rings (SSSR count). The maximum absolute atomic E-state index is 14.4. The van der Waals surface area contributed by atoms with Crippen molar-refractivity contribution in [3.63, 3.8) is 0 Å². The highest BCUT2D eigenvalue weighted by Crippen LogP contribution is 2.32. The van der Waals surface area contributed by atoms with Gasteiger partial charge in [0.15, 0.2) is 12.9 Å². The van der Waals surface area contributed by atoms with Crippen LogP contribution in [0.4, 0.5) is 22.0 Å². The molecule has 1 atom stereocenters. The molecule has 0 radical (unpaired) electrons. The normalized spacial score (nSPS) is 13.3. The van der Waals surface area contributed by atoms with Crippen molar-refractivity contribution in [3.8, 4) is 16.9 Å². The molecule has 0 saturated heterocycles. The van der Waals surface area contributed by atoms with Gasteiger partial charge in [-0.3, -0.25) is 4.98 Å². The molecule has 0 aliphatic carbocycles. The number of pyridine rings is 1. The van der Waals surface area contributed by atoms with E-state index in [0.717, 1.165) is 17.2 Å². The van der Waals surface area contributed by atoms with Gasteiger partial charge in [-0.15, -0.1) is 10.2 Å². The fraction of sp³-hybridized carbons (Fsp3) is 0.294. The number of hydrogen-bond donors (Lipinski definition) is 1. The minimum Gasteiger partial charge on any atom is -0.484 e. The van der Waals surface area contributed by atoms with Crippen molar-refractivity contribution in [2.45, 2.75) is 24.7 Å². The third-order valence-corrected chi connectivity index (χ3v) is 3.84. The molecule has 0 aliphatic heterocycles. The van der Waals surface area contributed by atoms with E-state index < -0.39 is 37.0 Å². The number of aromatic nitrogens is 5. The molecule has 2 heterocycles. The predicted molar refractivity (Wildman–Crippen MR) is 88.9 cm³/mol. The van der Waals surface area contributed by atoms with Crippen molar-refractivity contribution in [3.05, 3.63) is 54.6 Å². The second-order valence-electron chi connectivity index (χ2n) is 5.99. The van der Waals surface area contributed by atoms with Crippen molar-refractivity contribution in [2.24, 2.45) is 0 Å². The Balaban J connectivity index is 1.69. The molecule has 0 fully saturated rings. The van der Waals surface area contributed by atoms with E-state index in [1.165, 1.54) is 36.5 Å². The molecule has 2 aromatic heterocycles. The highest BCUT2D eigenvalue weighted by atomic mass is 19.4. The Labute approximate surface area is 160 Å². The van der Waals surface area contributed by atoms with E-state index in [0.29, 0.717) is 11.1 Å². The van der Waals surface area contributed by atoms with Gasteiger partial charge in [-0.2, -0.15) is 26.7 Å². The predicted octanol–water partition coefficient (Wildman–Crippen LogP) is 2.83. The van der Waals surface area contributed by atoms with E-state index in [4.69, 9.17) is 0 Å². The minimum atomic E-state index is -4.45. The van der Waals surface area contributed by atoms with Gasteiger partial charge in [0.1, 0.15) is 17.5 Å². The van der Waals surface area contributed by atoms with Crippen molar-refractivity contribution >= 4 is 0 Å². The van der Waals surface area contributed by atoms with Gasteiger partial charge in [-0.25, -0.2) is 0 Å². The number of nitrogens with zero attached hydrogens (tertiary/aromatic N) is 5. The van der Waals surface area contributed by atoms with Crippen LogP contribution in [-0.4, -0.2) is 49.2 Å². The molecule has 1 unspecified atom stereocenters. The molecular formula is C17H14F5N5O2. The summed E-state index contributed by atoms with van der Waals surface area (Å²) < 4.78 is 69.9. The molecule has 0 aliphatic rings. The summed E-state index contributed by atoms with van der Waals surface area (Å²) in [5.74, 6) is -3.64. The second-order valence-corrected chi connectivity index (χ2v) is 5.99. The fourth-order valence-corrected chi connectivity index (χ4v) is 2.38. The van der Waals surface area contributed by atoms with Gasteiger partial charge in [-0.05, 0) is 29.0 Å². The van der Waals surface area contributed by atoms with Gasteiger partial charge in [-0.1, -0.05) is 18.2 Å². The van der Waals surface area contributed by atoms with Crippen LogP contribution in [0.5, 0.6) is 5.75 Å². The number of benzene rings is 1. The maximum atomic E-state index is 14.4. The summed E-state index contributed by atoms with van der Waals surface area (Å²) in [6.45, 7) is -1.99. The number of halogens is 5. The van der Waals surface area contributed by atoms with E-state index in [9.17, 15) is 27.1 Å². The number of rotatable bonds is 7. The highest BCUT2D eigenvalue weighted by Gasteiger charge is 2.42. The molecular weight excluding hydrogens is 401 g/mol. The first kappa shape index (κ1) is 20.6. The summed E-state index contributed by atoms with van der Waals surface area (Å²) >= 11 is 0. The zero-order valence-electron chi connectivity index (χ0n) is 14.6. The Kier molecular flexibility index (Phi) is 5.73. The van der Waals surface area contributed by atoms with Crippen LogP contribution < -0.4 is 4.74 Å². The monoisotopic (exact) mass is 415 g/mol. The number of tetrazole rings is 1. The van der Waals surface area contributed by atoms with E-state index in [1.54, 1.807) is 0 Å². The summed E-state index contributed by atoms with van der Waals surface area (Å²) in [6, 6.07) is 8.04. The Morgan fingerprint density at radius 1 is 1.00 bits per heavy atom. The van der Waals surface area contributed by atoms with E-state index in [-0.39, 0.29) is 5.75 Å². The van der Waals surface area contributed by atoms with E-state index in [2.05, 4.69) is 25.1 Å². The van der Waals surface area contributed by atoms with Crippen LogP contribution in [0.25, 0.3) is 11.1 Å². The molecule has 0 amide bonds. The van der Waals surface area contributed by atoms with Crippen LogP contribution in [0.3, 0.4) is 0 Å². The lowest BCUT2D eigenvalue weighted by molar-refractivity contribution is -0.153. The number of aliphatic hydroxyl groups is 1. The third kappa shape index (κ3) is 5.22. The fourth-order valence-electron chi connectivity index (χ4n) is 2.38. The van der Waals surface area contributed by atoms with Crippen molar-refractivity contribution < 1.29 is 31.8 Å². The first-order valence-electron chi connectivity index (χ1n) is 8.18. The smallest absolute Gasteiger partial charge is 0.422 e. The molecule has 154 valence electrons. The summed E-state index contributed by atoms with van der Waals surface area (Å²) in [7, 11) is 0. The Hall–Kier alpha value is -3.15. The van der Waals surface area contributed by atoms with Gasteiger partial charge in [0.2, 0.25) is 0 Å². The van der Waals surface area contributed by atoms with Crippen LogP contribution in [0.1, 0.15) is 5.69 Å². The van der Waals surface area contributed by atoms with Gasteiger partial charge in [0.25, 0.3) is 0 Å². The molecule has 29 heavy (non-hydrogen) atoms. The Bertz CT molecular complexity index is 915. The van der Waals surface area contributed by atoms with Crippen LogP contribution in [0.15, 0.2) is 48.9 Å². The number of alkyl halides is 5. The van der Waals surface area contributed by atoms with Crippen molar-refractivity contribution in [1.82, 2.24) is 25.2 Å². The van der Waals surface area contributed by atoms with Gasteiger partial charge in [0.05, 0.1) is 6.54 Å². The molecule has 7 nitrogen and oxygen atoms in total. The second kappa shape index (κ2) is 8.07. The first-order valence-corrected chi connectivity index (χ1v) is 8.18. The van der Waals surface area contributed by atoms with Gasteiger partial charge < -0.3 is 9.84 Å². The minimum absolute atomic E-state index is 0.0204. The average Bonchev–Trinajstić information content (AvgIpc) is 3.19. The maximum Gasteiger partial charge on any atom is 0.422 e. The molecule has 1 N–H and O–H groups in total. The topological polar surface area (TPSA) is 86.0 Å². The SMILES string of the molecule is OC(Cn1ncnn1)C(F)(F)c1ccc(-c2ccc(OCC(F)(F)F)cc2)cn1. The zero-order valence-corrected chi connectivity index (χ0v) is 14.6. The van der Waals surface area contributed by atoms with Gasteiger partial charge in [0, 0.05) is 11.8 Å². The summed E-state index contributed by atoms with van der Waals surface area (Å²) in [4.78, 5) is 4.54. The third-order valence-electron chi connectivity index (χ3n) is 3.84. The lowest BCUT2D eigenvalue weighted by atomic mass is 10.0. The zero-order chi connectivity index (χ0) is 21.1. The Morgan fingerprint density at radius 2 is 1.69 bits per heavy atom. The van der Waals surface area contributed by atoms with Crippen LogP contribution in [0.2, 0.25) is 0 Å². The van der Waals surface area contributed by atoms with Crippen molar-refractivity contribution in [2.75, 3.05) is 6.61 Å². The first-order chi connectivity index (χ1) is 13.6. The molecule has 0 saturated carbocycles. The van der Waals surface area contributed by atoms with Crippen LogP contribution in [0, 0.1) is 0 Å². The number of hydrogen-bond acceptors (Lipinski definition) is 6. The highest BCUT2D eigenvalue weighted by molar-refractivity contribution is 5.63. The molecule has 0 bridgehead atoms. The van der Waals surface area contributed by atoms with Gasteiger partial charge >= 0.3 is 12.1 Å². The van der Waals surface area contributed by atoms with E-state index >= 15 is 0 Å². The summed E-state index contributed by atoms with van der Waals surface area (Å²) in [5, 5.41) is 20.2. The lowest BCUT2D eigenvalue weighted by Gasteiger charge is -2.21. The summed E-state index contributed by atoms with van der Waals surface area (Å²) in [5.41, 5.74) is 0.345. The van der Waals surface area contributed by atoms with Crippen LogP contribution >= 0.6 is 0 Å². The largest absolute Gasteiger partial charge is 0.484 e. The van der Waals surface area contributed by atoms with Crippen molar-refractivity contribution in [1.29, 1.82) is 0 Å². The van der Waals surface area contributed by atoms with E-state index in [1.807, 2.05) is 0 Å². The summed E-state index contributed by atoms with van der Waals surface area (Å²) in [6.07, 6.45) is -4.34. The average molecular weight is 415 g/mol. The Morgan fingerprint density at radius 3 is 2.24 bits per heavy atom. The molecule has 1 aromatic carbocycles. The molecule has 12 heteroatoms.